The molecule has 2 heterocycles. The number of H-pyrrole nitrogens is 1. The molecule has 0 saturated heterocycles. The molecule has 5 rings (SSSR count). The van der Waals surface area contributed by atoms with Crippen molar-refractivity contribution in [2.45, 2.75) is 54.0 Å². The molecule has 2 aromatic carbocycles. The molecule has 2 aromatic heterocycles. The molecular formula is C30H36N4S. The summed E-state index contributed by atoms with van der Waals surface area (Å²) in [6.07, 6.45) is 3.52. The molecule has 0 saturated carbocycles. The van der Waals surface area contributed by atoms with E-state index in [-0.39, 0.29) is 0 Å². The molecule has 1 aliphatic carbocycles. The highest BCUT2D eigenvalue weighted by Gasteiger charge is 2.27. The summed E-state index contributed by atoms with van der Waals surface area (Å²) in [6, 6.07) is 17.6. The lowest BCUT2D eigenvalue weighted by atomic mass is 10.0. The molecule has 0 aliphatic heterocycles. The highest BCUT2D eigenvalue weighted by Crippen LogP contribution is 2.46. The fourth-order valence-corrected chi connectivity index (χ4v) is 5.94. The van der Waals surface area contributed by atoms with Gasteiger partial charge in [-0.2, -0.15) is 5.10 Å². The molecule has 35 heavy (non-hydrogen) atoms. The highest BCUT2D eigenvalue weighted by atomic mass is 32.1. The lowest BCUT2D eigenvalue weighted by molar-refractivity contribution is 0.280. The second-order valence-electron chi connectivity index (χ2n) is 8.83. The largest absolute Gasteiger partial charge is 0.308 e. The number of aryl methyl sites for hydroxylation is 1. The average molecular weight is 485 g/mol. The van der Waals surface area contributed by atoms with Crippen molar-refractivity contribution in [2.24, 2.45) is 0 Å². The number of rotatable bonds is 8. The highest BCUT2D eigenvalue weighted by molar-refractivity contribution is 7.16. The smallest absolute Gasteiger partial charge is 0.0963 e. The van der Waals surface area contributed by atoms with Gasteiger partial charge in [-0.1, -0.05) is 64.1 Å². The van der Waals surface area contributed by atoms with E-state index in [1.54, 1.807) is 0 Å². The minimum atomic E-state index is 0.924. The Morgan fingerprint density at radius 2 is 1.80 bits per heavy atom. The molecule has 2 N–H and O–H groups in total. The van der Waals surface area contributed by atoms with Crippen LogP contribution in [0.3, 0.4) is 0 Å². The fraction of sp³-hybridized carbons (Fsp3) is 0.333. The van der Waals surface area contributed by atoms with Gasteiger partial charge < -0.3 is 5.41 Å². The van der Waals surface area contributed by atoms with Gasteiger partial charge in [0.1, 0.15) is 0 Å². The first kappa shape index (κ1) is 25.1. The molecule has 0 radical (unpaired) electrons. The first-order valence-corrected chi connectivity index (χ1v) is 13.6. The van der Waals surface area contributed by atoms with E-state index in [1.807, 2.05) is 31.3 Å². The van der Waals surface area contributed by atoms with Crippen molar-refractivity contribution in [1.82, 2.24) is 15.1 Å². The standard InChI is InChI=1S/C28H30N4S.C2H6/c1-4-12-32(5-2)17-19-6-8-20(9-7-19)25-14-23-26(33-25)15-24-27(30-31-28(23)24)21-10-11-22(16-29)18(3)13-21;1-2/h6-11,13-14,16,29H,4-5,12,15,17H2,1-3H3,(H,30,31);1-2H3. The third-order valence-electron chi connectivity index (χ3n) is 6.61. The van der Waals surface area contributed by atoms with Gasteiger partial charge in [0.25, 0.3) is 0 Å². The molecule has 0 amide bonds. The molecule has 1 aliphatic rings. The number of hydrogen-bond acceptors (Lipinski definition) is 4. The van der Waals surface area contributed by atoms with Gasteiger partial charge in [0, 0.05) is 45.6 Å². The van der Waals surface area contributed by atoms with E-state index in [0.29, 0.717) is 0 Å². The minimum absolute atomic E-state index is 0.924. The van der Waals surface area contributed by atoms with E-state index >= 15 is 0 Å². The lowest BCUT2D eigenvalue weighted by Crippen LogP contribution is -2.23. The number of benzene rings is 2. The SMILES string of the molecule is CC.CCCN(CC)Cc1ccc(-c2cc3c(s2)Cc2c(-c4ccc(C=N)c(C)c4)n[nH]c2-3)cc1. The second kappa shape index (κ2) is 11.1. The Labute approximate surface area is 213 Å². The molecule has 0 bridgehead atoms. The Morgan fingerprint density at radius 1 is 1.06 bits per heavy atom. The Hall–Kier alpha value is -3.02. The first-order chi connectivity index (χ1) is 17.1. The summed E-state index contributed by atoms with van der Waals surface area (Å²) in [5.74, 6) is 0. The number of thiophene rings is 1. The predicted molar refractivity (Wildman–Crippen MR) is 151 cm³/mol. The van der Waals surface area contributed by atoms with Crippen molar-refractivity contribution in [2.75, 3.05) is 13.1 Å². The van der Waals surface area contributed by atoms with Crippen LogP contribution in [0.25, 0.3) is 33.0 Å². The van der Waals surface area contributed by atoms with E-state index in [9.17, 15) is 0 Å². The molecule has 4 aromatic rings. The van der Waals surface area contributed by atoms with Crippen molar-refractivity contribution in [3.63, 3.8) is 0 Å². The quantitative estimate of drug-likeness (QED) is 0.220. The van der Waals surface area contributed by atoms with Gasteiger partial charge >= 0.3 is 0 Å². The number of aromatic amines is 1. The van der Waals surface area contributed by atoms with Crippen LogP contribution >= 0.6 is 11.3 Å². The normalized spacial score (nSPS) is 11.7. The molecule has 0 atom stereocenters. The lowest BCUT2D eigenvalue weighted by Gasteiger charge is -2.19. The van der Waals surface area contributed by atoms with Gasteiger partial charge in [-0.05, 0) is 60.8 Å². The van der Waals surface area contributed by atoms with Crippen LogP contribution in [-0.4, -0.2) is 34.4 Å². The third-order valence-corrected chi connectivity index (χ3v) is 7.80. The van der Waals surface area contributed by atoms with Gasteiger partial charge in [-0.3, -0.25) is 10.00 Å². The van der Waals surface area contributed by atoms with Crippen LogP contribution in [0.15, 0.2) is 48.5 Å². The molecule has 5 heteroatoms. The third kappa shape index (κ3) is 5.02. The summed E-state index contributed by atoms with van der Waals surface area (Å²) in [5, 5.41) is 15.5. The fourth-order valence-electron chi connectivity index (χ4n) is 4.76. The molecule has 0 spiro atoms. The maximum atomic E-state index is 7.53. The van der Waals surface area contributed by atoms with Crippen LogP contribution in [-0.2, 0) is 13.0 Å². The summed E-state index contributed by atoms with van der Waals surface area (Å²) in [6.45, 7) is 13.8. The van der Waals surface area contributed by atoms with Crippen LogP contribution in [0.4, 0.5) is 0 Å². The summed E-state index contributed by atoms with van der Waals surface area (Å²) >= 11 is 1.89. The topological polar surface area (TPSA) is 55.8 Å². The van der Waals surface area contributed by atoms with Crippen molar-refractivity contribution >= 4 is 17.6 Å². The second-order valence-corrected chi connectivity index (χ2v) is 9.97. The first-order valence-electron chi connectivity index (χ1n) is 12.7. The van der Waals surface area contributed by atoms with E-state index in [2.05, 4.69) is 78.3 Å². The molecule has 182 valence electrons. The van der Waals surface area contributed by atoms with Gasteiger partial charge in [0.15, 0.2) is 0 Å². The number of nitrogens with zero attached hydrogens (tertiary/aromatic N) is 2. The Balaban J connectivity index is 0.00000141. The average Bonchev–Trinajstić information content (AvgIpc) is 3.57. The molecule has 0 unspecified atom stereocenters. The predicted octanol–water partition coefficient (Wildman–Crippen LogP) is 7.94. The number of aromatic nitrogens is 2. The van der Waals surface area contributed by atoms with E-state index in [4.69, 9.17) is 5.41 Å². The van der Waals surface area contributed by atoms with Crippen LogP contribution in [0.2, 0.25) is 0 Å². The van der Waals surface area contributed by atoms with Gasteiger partial charge in [-0.15, -0.1) is 11.3 Å². The van der Waals surface area contributed by atoms with Crippen molar-refractivity contribution in [3.05, 3.63) is 75.7 Å². The van der Waals surface area contributed by atoms with E-state index in [0.717, 1.165) is 54.1 Å². The van der Waals surface area contributed by atoms with Crippen molar-refractivity contribution in [1.29, 1.82) is 5.41 Å². The molecular weight excluding hydrogens is 448 g/mol. The minimum Gasteiger partial charge on any atom is -0.308 e. The maximum absolute atomic E-state index is 7.53. The molecule has 0 fully saturated rings. The van der Waals surface area contributed by atoms with E-state index in [1.165, 1.54) is 44.6 Å². The summed E-state index contributed by atoms with van der Waals surface area (Å²) in [5.41, 5.74) is 10.6. The van der Waals surface area contributed by atoms with Crippen LogP contribution in [0.5, 0.6) is 0 Å². The summed E-state index contributed by atoms with van der Waals surface area (Å²) < 4.78 is 0. The van der Waals surface area contributed by atoms with Crippen molar-refractivity contribution < 1.29 is 0 Å². The zero-order valence-electron chi connectivity index (χ0n) is 21.5. The maximum Gasteiger partial charge on any atom is 0.0963 e. The molecule has 4 nitrogen and oxygen atoms in total. The zero-order valence-corrected chi connectivity index (χ0v) is 22.4. The van der Waals surface area contributed by atoms with Crippen LogP contribution < -0.4 is 0 Å². The van der Waals surface area contributed by atoms with E-state index < -0.39 is 0 Å². The van der Waals surface area contributed by atoms with Gasteiger partial charge in [0.2, 0.25) is 0 Å². The zero-order chi connectivity index (χ0) is 24.9. The van der Waals surface area contributed by atoms with Crippen molar-refractivity contribution in [3.8, 4) is 33.0 Å². The number of nitrogens with one attached hydrogen (secondary N) is 2. The van der Waals surface area contributed by atoms with Gasteiger partial charge in [-0.25, -0.2) is 0 Å². The van der Waals surface area contributed by atoms with Crippen LogP contribution in [0.1, 0.15) is 61.2 Å². The Bertz CT molecular complexity index is 1300. The van der Waals surface area contributed by atoms with Gasteiger partial charge in [0.05, 0.1) is 11.4 Å². The number of fused-ring (bicyclic) bond motifs is 3. The van der Waals surface area contributed by atoms with Crippen LogP contribution in [0, 0.1) is 12.3 Å². The number of hydrogen-bond donors (Lipinski definition) is 2. The Morgan fingerprint density at radius 3 is 2.46 bits per heavy atom. The Kier molecular flexibility index (Phi) is 7.99. The summed E-state index contributed by atoms with van der Waals surface area (Å²) in [7, 11) is 0. The monoisotopic (exact) mass is 484 g/mol. The summed E-state index contributed by atoms with van der Waals surface area (Å²) in [4.78, 5) is 5.22.